The highest BCUT2D eigenvalue weighted by Crippen LogP contribution is 2.31. The van der Waals surface area contributed by atoms with Crippen LogP contribution in [0.3, 0.4) is 0 Å². The lowest BCUT2D eigenvalue weighted by atomic mass is 9.81. The maximum absolute atomic E-state index is 12.2. The van der Waals surface area contributed by atoms with Crippen LogP contribution in [0.5, 0.6) is 0 Å². The molecule has 0 spiro atoms. The van der Waals surface area contributed by atoms with E-state index in [1.807, 2.05) is 0 Å². The zero-order valence-electron chi connectivity index (χ0n) is 11.0. The van der Waals surface area contributed by atoms with E-state index in [2.05, 4.69) is 17.6 Å². The molecule has 1 atom stereocenters. The van der Waals surface area contributed by atoms with Gasteiger partial charge in [-0.25, -0.2) is 0 Å². The fraction of sp³-hybridized carbons (Fsp3) is 0.833. The van der Waals surface area contributed by atoms with E-state index in [1.165, 1.54) is 0 Å². The summed E-state index contributed by atoms with van der Waals surface area (Å²) in [5, 5.41) is 6.11. The number of carbonyl (C=O) groups is 2. The Morgan fingerprint density at radius 1 is 1.50 bits per heavy atom. The number of hydrogen-bond donors (Lipinski definition) is 3. The maximum atomic E-state index is 12.2. The fourth-order valence-electron chi connectivity index (χ4n) is 2.34. The van der Waals surface area contributed by atoms with Crippen molar-refractivity contribution in [3.8, 4) is 0 Å². The van der Waals surface area contributed by atoms with E-state index in [0.717, 1.165) is 32.4 Å². The molecule has 0 aromatic rings. The topological polar surface area (TPSA) is 93.4 Å². The number of hydrogen-bond acceptors (Lipinski definition) is 4. The van der Waals surface area contributed by atoms with E-state index in [4.69, 9.17) is 10.5 Å². The molecule has 0 aromatic carbocycles. The molecule has 1 unspecified atom stereocenters. The Balaban J connectivity index is 2.27. The van der Waals surface area contributed by atoms with Gasteiger partial charge in [0.2, 0.25) is 11.8 Å². The number of primary amides is 1. The van der Waals surface area contributed by atoms with Crippen molar-refractivity contribution in [1.82, 2.24) is 10.6 Å². The van der Waals surface area contributed by atoms with Crippen molar-refractivity contribution < 1.29 is 14.3 Å². The Kier molecular flexibility index (Phi) is 6.07. The van der Waals surface area contributed by atoms with Gasteiger partial charge in [0, 0.05) is 13.1 Å². The Morgan fingerprint density at radius 3 is 2.83 bits per heavy atom. The zero-order chi connectivity index (χ0) is 13.4. The molecule has 0 aromatic heterocycles. The molecule has 0 saturated carbocycles. The summed E-state index contributed by atoms with van der Waals surface area (Å²) >= 11 is 0. The van der Waals surface area contributed by atoms with Gasteiger partial charge in [0.05, 0.1) is 12.0 Å². The molecule has 104 valence electrons. The van der Waals surface area contributed by atoms with E-state index < -0.39 is 5.91 Å². The smallest absolute Gasteiger partial charge is 0.243 e. The van der Waals surface area contributed by atoms with Gasteiger partial charge in [0.25, 0.3) is 0 Å². The predicted octanol–water partition coefficient (Wildman–Crippen LogP) is -0.616. The Morgan fingerprint density at radius 2 is 2.28 bits per heavy atom. The third-order valence-corrected chi connectivity index (χ3v) is 3.23. The van der Waals surface area contributed by atoms with Gasteiger partial charge >= 0.3 is 0 Å². The third kappa shape index (κ3) is 4.27. The minimum Gasteiger partial charge on any atom is -0.370 e. The number of nitrogens with two attached hydrogens (primary N) is 1. The normalized spacial score (nSPS) is 22.9. The number of carbonyl (C=O) groups excluding carboxylic acids is 2. The summed E-state index contributed by atoms with van der Waals surface area (Å²) in [6.07, 6.45) is 2.77. The molecule has 6 heteroatoms. The molecular weight excluding hydrogens is 234 g/mol. The number of ether oxygens (including phenoxy) is 1. The summed E-state index contributed by atoms with van der Waals surface area (Å²) in [5.41, 5.74) is 4.67. The van der Waals surface area contributed by atoms with Crippen LogP contribution in [0, 0.1) is 5.41 Å². The molecular formula is C12H23N3O3. The van der Waals surface area contributed by atoms with Crippen LogP contribution in [0.2, 0.25) is 0 Å². The van der Waals surface area contributed by atoms with Crippen LogP contribution >= 0.6 is 0 Å². The minimum absolute atomic E-state index is 0.0806. The summed E-state index contributed by atoms with van der Waals surface area (Å²) in [5.74, 6) is -0.416. The molecule has 1 saturated heterocycles. The average molecular weight is 257 g/mol. The molecule has 1 rings (SSSR count). The Labute approximate surface area is 108 Å². The van der Waals surface area contributed by atoms with Crippen LogP contribution in [-0.2, 0) is 14.3 Å². The highest BCUT2D eigenvalue weighted by Gasteiger charge is 2.39. The lowest BCUT2D eigenvalue weighted by Crippen LogP contribution is -2.43. The largest absolute Gasteiger partial charge is 0.370 e. The van der Waals surface area contributed by atoms with Crippen LogP contribution in [0.4, 0.5) is 0 Å². The quantitative estimate of drug-likeness (QED) is 0.505. The second kappa shape index (κ2) is 7.33. The van der Waals surface area contributed by atoms with Gasteiger partial charge in [0.1, 0.15) is 6.61 Å². The van der Waals surface area contributed by atoms with E-state index in [0.29, 0.717) is 13.2 Å². The Hall–Kier alpha value is -1.14. The first-order valence-electron chi connectivity index (χ1n) is 6.46. The van der Waals surface area contributed by atoms with Crippen molar-refractivity contribution in [1.29, 1.82) is 0 Å². The zero-order valence-corrected chi connectivity index (χ0v) is 11.0. The van der Waals surface area contributed by atoms with Crippen molar-refractivity contribution in [2.75, 3.05) is 32.8 Å². The highest BCUT2D eigenvalue weighted by molar-refractivity contribution is 5.83. The van der Waals surface area contributed by atoms with E-state index in [-0.39, 0.29) is 17.9 Å². The van der Waals surface area contributed by atoms with Gasteiger partial charge in [-0.1, -0.05) is 13.3 Å². The average Bonchev–Trinajstić information content (AvgIpc) is 2.78. The van der Waals surface area contributed by atoms with Gasteiger partial charge in [0.15, 0.2) is 0 Å². The first-order valence-corrected chi connectivity index (χ1v) is 6.46. The number of amides is 2. The van der Waals surface area contributed by atoms with E-state index in [9.17, 15) is 9.59 Å². The minimum atomic E-state index is -0.497. The summed E-state index contributed by atoms with van der Waals surface area (Å²) in [6.45, 7) is 4.35. The molecule has 1 fully saturated rings. The molecule has 0 aliphatic carbocycles. The number of nitrogens with one attached hydrogen (secondary N) is 2. The molecule has 0 bridgehead atoms. The first kappa shape index (κ1) is 14.9. The second-order valence-electron chi connectivity index (χ2n) is 4.73. The monoisotopic (exact) mass is 257 g/mol. The van der Waals surface area contributed by atoms with E-state index >= 15 is 0 Å². The molecule has 1 heterocycles. The molecule has 18 heavy (non-hydrogen) atoms. The summed E-state index contributed by atoms with van der Waals surface area (Å²) < 4.78 is 5.00. The maximum Gasteiger partial charge on any atom is 0.243 e. The molecule has 2 amide bonds. The first-order chi connectivity index (χ1) is 8.60. The van der Waals surface area contributed by atoms with Crippen molar-refractivity contribution in [2.24, 2.45) is 11.1 Å². The van der Waals surface area contributed by atoms with Gasteiger partial charge < -0.3 is 21.1 Å². The fourth-order valence-corrected chi connectivity index (χ4v) is 2.34. The third-order valence-electron chi connectivity index (χ3n) is 3.23. The van der Waals surface area contributed by atoms with Crippen molar-refractivity contribution in [3.05, 3.63) is 0 Å². The van der Waals surface area contributed by atoms with E-state index in [1.54, 1.807) is 0 Å². The van der Waals surface area contributed by atoms with Crippen LogP contribution < -0.4 is 16.4 Å². The summed E-state index contributed by atoms with van der Waals surface area (Å²) in [7, 11) is 0. The van der Waals surface area contributed by atoms with Crippen molar-refractivity contribution in [2.45, 2.75) is 26.2 Å². The van der Waals surface area contributed by atoms with Gasteiger partial charge in [-0.3, -0.25) is 9.59 Å². The predicted molar refractivity (Wildman–Crippen MR) is 67.9 cm³/mol. The van der Waals surface area contributed by atoms with Crippen LogP contribution in [0.1, 0.15) is 26.2 Å². The lowest BCUT2D eigenvalue weighted by molar-refractivity contribution is -0.130. The lowest BCUT2D eigenvalue weighted by Gasteiger charge is -2.26. The van der Waals surface area contributed by atoms with Crippen LogP contribution in [0.15, 0.2) is 0 Å². The van der Waals surface area contributed by atoms with Gasteiger partial charge in [-0.05, 0) is 19.4 Å². The molecule has 1 aliphatic heterocycles. The van der Waals surface area contributed by atoms with Gasteiger partial charge in [-0.15, -0.1) is 0 Å². The second-order valence-corrected chi connectivity index (χ2v) is 4.73. The SMILES string of the molecule is CCCC1(C(=O)NCCOCC(N)=O)CCNC1. The number of rotatable bonds is 8. The molecule has 1 aliphatic rings. The Bertz CT molecular complexity index is 288. The summed E-state index contributed by atoms with van der Waals surface area (Å²) in [6, 6.07) is 0. The molecule has 0 radical (unpaired) electrons. The van der Waals surface area contributed by atoms with Crippen LogP contribution in [0.25, 0.3) is 0 Å². The van der Waals surface area contributed by atoms with Crippen molar-refractivity contribution in [3.63, 3.8) is 0 Å². The van der Waals surface area contributed by atoms with Gasteiger partial charge in [-0.2, -0.15) is 0 Å². The molecule has 6 nitrogen and oxygen atoms in total. The van der Waals surface area contributed by atoms with Crippen LogP contribution in [-0.4, -0.2) is 44.7 Å². The highest BCUT2D eigenvalue weighted by atomic mass is 16.5. The van der Waals surface area contributed by atoms with Crippen molar-refractivity contribution >= 4 is 11.8 Å². The standard InChI is InChI=1S/C12H23N3O3/c1-2-3-12(4-5-14-9-12)11(17)15-6-7-18-8-10(13)16/h14H,2-9H2,1H3,(H2,13,16)(H,15,17). The molecule has 4 N–H and O–H groups in total. The summed E-state index contributed by atoms with van der Waals surface area (Å²) in [4.78, 5) is 22.6.